The van der Waals surface area contributed by atoms with Gasteiger partial charge in [-0.25, -0.2) is 9.97 Å². The summed E-state index contributed by atoms with van der Waals surface area (Å²) in [7, 11) is 0. The standard InChI is InChI=1S/C19H19N3O2/c1-3-23-18-9-6-15(12-21-18)14-5-8-17(20-11-14)16-7-10-19(22-13-16)24-4-2/h5-13H,3-4H2,1-2H3. The van der Waals surface area contributed by atoms with Crippen LogP contribution in [-0.2, 0) is 0 Å². The molecule has 0 saturated carbocycles. The van der Waals surface area contributed by atoms with Gasteiger partial charge in [-0.1, -0.05) is 6.07 Å². The molecule has 0 amide bonds. The van der Waals surface area contributed by atoms with Crippen LogP contribution >= 0.6 is 0 Å². The first kappa shape index (κ1) is 15.9. The van der Waals surface area contributed by atoms with Crippen molar-refractivity contribution in [2.75, 3.05) is 13.2 Å². The molecule has 0 aromatic carbocycles. The van der Waals surface area contributed by atoms with Crippen molar-refractivity contribution in [3.05, 3.63) is 55.0 Å². The Bertz CT molecular complexity index is 701. The lowest BCUT2D eigenvalue weighted by molar-refractivity contribution is 0.326. The molecule has 0 fully saturated rings. The summed E-state index contributed by atoms with van der Waals surface area (Å²) in [5.41, 5.74) is 3.83. The Labute approximate surface area is 141 Å². The molecule has 0 saturated heterocycles. The second-order valence-electron chi connectivity index (χ2n) is 5.07. The number of pyridine rings is 3. The molecule has 0 N–H and O–H groups in total. The Hall–Kier alpha value is -2.95. The normalized spacial score (nSPS) is 10.4. The molecule has 24 heavy (non-hydrogen) atoms. The van der Waals surface area contributed by atoms with Gasteiger partial charge in [-0.15, -0.1) is 0 Å². The fraction of sp³-hybridized carbons (Fsp3) is 0.211. The highest BCUT2D eigenvalue weighted by atomic mass is 16.5. The van der Waals surface area contributed by atoms with Gasteiger partial charge < -0.3 is 9.47 Å². The van der Waals surface area contributed by atoms with Crippen LogP contribution in [0.5, 0.6) is 11.8 Å². The van der Waals surface area contributed by atoms with E-state index in [4.69, 9.17) is 9.47 Å². The SMILES string of the molecule is CCOc1ccc(-c2ccc(-c3ccc(OCC)nc3)nc2)cn1. The van der Waals surface area contributed by atoms with Crippen LogP contribution < -0.4 is 9.47 Å². The molecule has 3 aromatic heterocycles. The van der Waals surface area contributed by atoms with E-state index in [0.29, 0.717) is 25.0 Å². The summed E-state index contributed by atoms with van der Waals surface area (Å²) in [4.78, 5) is 13.1. The summed E-state index contributed by atoms with van der Waals surface area (Å²) in [5.74, 6) is 1.25. The second-order valence-corrected chi connectivity index (χ2v) is 5.07. The van der Waals surface area contributed by atoms with Crippen molar-refractivity contribution in [1.29, 1.82) is 0 Å². The van der Waals surface area contributed by atoms with E-state index in [1.165, 1.54) is 0 Å². The van der Waals surface area contributed by atoms with Gasteiger partial charge in [0.05, 0.1) is 18.9 Å². The van der Waals surface area contributed by atoms with E-state index in [9.17, 15) is 0 Å². The van der Waals surface area contributed by atoms with Crippen LogP contribution in [-0.4, -0.2) is 28.2 Å². The highest BCUT2D eigenvalue weighted by Crippen LogP contribution is 2.23. The molecule has 5 heteroatoms. The summed E-state index contributed by atoms with van der Waals surface area (Å²) >= 11 is 0. The monoisotopic (exact) mass is 321 g/mol. The van der Waals surface area contributed by atoms with E-state index in [1.54, 1.807) is 12.4 Å². The van der Waals surface area contributed by atoms with E-state index in [2.05, 4.69) is 15.0 Å². The third-order valence-corrected chi connectivity index (χ3v) is 3.45. The number of nitrogens with zero attached hydrogens (tertiary/aromatic N) is 3. The van der Waals surface area contributed by atoms with Gasteiger partial charge in [0.2, 0.25) is 11.8 Å². The first-order chi connectivity index (χ1) is 11.8. The molecular weight excluding hydrogens is 302 g/mol. The van der Waals surface area contributed by atoms with Gasteiger partial charge >= 0.3 is 0 Å². The van der Waals surface area contributed by atoms with E-state index in [1.807, 2.05) is 56.4 Å². The van der Waals surface area contributed by atoms with Gasteiger partial charge in [0.15, 0.2) is 0 Å². The Morgan fingerprint density at radius 2 is 1.12 bits per heavy atom. The predicted molar refractivity (Wildman–Crippen MR) is 93.0 cm³/mol. The van der Waals surface area contributed by atoms with Crippen molar-refractivity contribution in [3.63, 3.8) is 0 Å². The zero-order chi connectivity index (χ0) is 16.8. The predicted octanol–water partition coefficient (Wildman–Crippen LogP) is 4.00. The average Bonchev–Trinajstić information content (AvgIpc) is 2.64. The summed E-state index contributed by atoms with van der Waals surface area (Å²) < 4.78 is 10.7. The molecule has 0 aliphatic carbocycles. The second kappa shape index (κ2) is 7.55. The Kier molecular flexibility index (Phi) is 5.01. The van der Waals surface area contributed by atoms with E-state index in [0.717, 1.165) is 22.4 Å². The molecule has 5 nitrogen and oxygen atoms in total. The zero-order valence-electron chi connectivity index (χ0n) is 13.8. The molecule has 3 heterocycles. The van der Waals surface area contributed by atoms with Gasteiger partial charge in [-0.2, -0.15) is 0 Å². The molecule has 3 aromatic rings. The third-order valence-electron chi connectivity index (χ3n) is 3.45. The minimum Gasteiger partial charge on any atom is -0.478 e. The fourth-order valence-corrected chi connectivity index (χ4v) is 2.28. The van der Waals surface area contributed by atoms with Crippen LogP contribution in [0.25, 0.3) is 22.4 Å². The molecule has 0 aliphatic heterocycles. The van der Waals surface area contributed by atoms with Crippen molar-refractivity contribution in [2.45, 2.75) is 13.8 Å². The Morgan fingerprint density at radius 3 is 1.54 bits per heavy atom. The summed E-state index contributed by atoms with van der Waals surface area (Å²) in [6.45, 7) is 5.09. The van der Waals surface area contributed by atoms with Crippen LogP contribution in [0.15, 0.2) is 55.0 Å². The maximum Gasteiger partial charge on any atom is 0.213 e. The maximum atomic E-state index is 5.36. The van der Waals surface area contributed by atoms with Gasteiger partial charge in [0.1, 0.15) is 0 Å². The lowest BCUT2D eigenvalue weighted by Crippen LogP contribution is -1.94. The van der Waals surface area contributed by atoms with Crippen molar-refractivity contribution in [2.24, 2.45) is 0 Å². The molecule has 122 valence electrons. The van der Waals surface area contributed by atoms with E-state index >= 15 is 0 Å². The first-order valence-corrected chi connectivity index (χ1v) is 7.94. The molecule has 0 radical (unpaired) electrons. The number of ether oxygens (including phenoxy) is 2. The van der Waals surface area contributed by atoms with Crippen molar-refractivity contribution in [3.8, 4) is 34.1 Å². The highest BCUT2D eigenvalue weighted by molar-refractivity contribution is 5.66. The molecule has 0 atom stereocenters. The molecule has 0 unspecified atom stereocenters. The van der Waals surface area contributed by atoms with E-state index < -0.39 is 0 Å². The molecule has 0 spiro atoms. The minimum atomic E-state index is 0.607. The Balaban J connectivity index is 1.77. The fourth-order valence-electron chi connectivity index (χ4n) is 2.28. The Morgan fingerprint density at radius 1 is 0.625 bits per heavy atom. The minimum absolute atomic E-state index is 0.607. The molecule has 3 rings (SSSR count). The van der Waals surface area contributed by atoms with Crippen molar-refractivity contribution >= 4 is 0 Å². The maximum absolute atomic E-state index is 5.36. The third kappa shape index (κ3) is 3.68. The number of rotatable bonds is 6. The summed E-state index contributed by atoms with van der Waals surface area (Å²) in [6.07, 6.45) is 5.40. The van der Waals surface area contributed by atoms with Crippen LogP contribution in [0.4, 0.5) is 0 Å². The lowest BCUT2D eigenvalue weighted by Gasteiger charge is -2.06. The topological polar surface area (TPSA) is 57.1 Å². The van der Waals surface area contributed by atoms with Crippen molar-refractivity contribution < 1.29 is 9.47 Å². The van der Waals surface area contributed by atoms with Crippen LogP contribution in [0, 0.1) is 0 Å². The number of hydrogen-bond acceptors (Lipinski definition) is 5. The van der Waals surface area contributed by atoms with Gasteiger partial charge in [0, 0.05) is 47.4 Å². The van der Waals surface area contributed by atoms with Gasteiger partial charge in [0.25, 0.3) is 0 Å². The van der Waals surface area contributed by atoms with Crippen molar-refractivity contribution in [1.82, 2.24) is 15.0 Å². The first-order valence-electron chi connectivity index (χ1n) is 7.94. The summed E-state index contributed by atoms with van der Waals surface area (Å²) in [6, 6.07) is 11.7. The van der Waals surface area contributed by atoms with Crippen LogP contribution in [0.1, 0.15) is 13.8 Å². The molecular formula is C19H19N3O2. The molecule has 0 aliphatic rings. The number of hydrogen-bond donors (Lipinski definition) is 0. The quantitative estimate of drug-likeness (QED) is 0.687. The number of aromatic nitrogens is 3. The largest absolute Gasteiger partial charge is 0.478 e. The van der Waals surface area contributed by atoms with E-state index in [-0.39, 0.29) is 0 Å². The smallest absolute Gasteiger partial charge is 0.213 e. The molecule has 0 bridgehead atoms. The summed E-state index contributed by atoms with van der Waals surface area (Å²) in [5, 5.41) is 0. The van der Waals surface area contributed by atoms with Crippen LogP contribution in [0.2, 0.25) is 0 Å². The average molecular weight is 321 g/mol. The van der Waals surface area contributed by atoms with Crippen LogP contribution in [0.3, 0.4) is 0 Å². The van der Waals surface area contributed by atoms with Gasteiger partial charge in [-0.05, 0) is 32.0 Å². The van der Waals surface area contributed by atoms with Gasteiger partial charge in [-0.3, -0.25) is 4.98 Å². The lowest BCUT2D eigenvalue weighted by atomic mass is 10.1. The zero-order valence-corrected chi connectivity index (χ0v) is 13.8. The highest BCUT2D eigenvalue weighted by Gasteiger charge is 2.04.